The minimum absolute atomic E-state index is 0.280. The molecular formula is C13H15NO4. The number of hydrogen-bond donors (Lipinski definition) is 2. The minimum atomic E-state index is -0.912. The van der Waals surface area contributed by atoms with Crippen LogP contribution in [0.15, 0.2) is 18.2 Å². The van der Waals surface area contributed by atoms with Crippen LogP contribution in [-0.2, 0) is 9.59 Å². The lowest BCUT2D eigenvalue weighted by Crippen LogP contribution is -2.12. The monoisotopic (exact) mass is 249 g/mol. The summed E-state index contributed by atoms with van der Waals surface area (Å²) < 4.78 is 0. The second kappa shape index (κ2) is 6.54. The standard InChI is InChI=1S/C13H15NO4/c1-2-3-11(13(17)18)9-4-5-12(14-8-16)10(6-9)7-15/h4-8,11H,2-3H2,1H3,(H,14,16)(H,17,18). The Labute approximate surface area is 105 Å². The van der Waals surface area contributed by atoms with Crippen molar-refractivity contribution in [2.75, 3.05) is 5.32 Å². The van der Waals surface area contributed by atoms with Crippen molar-refractivity contribution >= 4 is 24.4 Å². The Bertz CT molecular complexity index is 456. The minimum Gasteiger partial charge on any atom is -0.481 e. The predicted octanol–water partition coefficient (Wildman–Crippen LogP) is 2.04. The number of anilines is 1. The van der Waals surface area contributed by atoms with Crippen LogP contribution in [0.3, 0.4) is 0 Å². The highest BCUT2D eigenvalue weighted by molar-refractivity contribution is 5.89. The van der Waals surface area contributed by atoms with E-state index in [9.17, 15) is 14.4 Å². The van der Waals surface area contributed by atoms with Gasteiger partial charge in [0.15, 0.2) is 6.29 Å². The van der Waals surface area contributed by atoms with Gasteiger partial charge in [-0.15, -0.1) is 0 Å². The maximum absolute atomic E-state index is 11.1. The molecule has 5 nitrogen and oxygen atoms in total. The fourth-order valence-corrected chi connectivity index (χ4v) is 1.81. The Hall–Kier alpha value is -2.17. The Morgan fingerprint density at radius 2 is 2.17 bits per heavy atom. The number of benzene rings is 1. The Morgan fingerprint density at radius 1 is 1.44 bits per heavy atom. The van der Waals surface area contributed by atoms with Crippen molar-refractivity contribution in [2.45, 2.75) is 25.7 Å². The number of amides is 1. The normalized spacial score (nSPS) is 11.6. The van der Waals surface area contributed by atoms with Crippen LogP contribution in [0.1, 0.15) is 41.6 Å². The third-order valence-electron chi connectivity index (χ3n) is 2.69. The summed E-state index contributed by atoms with van der Waals surface area (Å²) in [5.41, 5.74) is 1.23. The van der Waals surface area contributed by atoms with Gasteiger partial charge in [-0.2, -0.15) is 0 Å². The molecule has 1 aromatic carbocycles. The number of carboxylic acid groups (broad SMARTS) is 1. The van der Waals surface area contributed by atoms with Crippen molar-refractivity contribution in [2.24, 2.45) is 0 Å². The fourth-order valence-electron chi connectivity index (χ4n) is 1.81. The molecule has 0 radical (unpaired) electrons. The molecule has 0 aromatic heterocycles. The largest absolute Gasteiger partial charge is 0.481 e. The van der Waals surface area contributed by atoms with Gasteiger partial charge in [-0.1, -0.05) is 19.4 Å². The molecule has 5 heteroatoms. The van der Waals surface area contributed by atoms with E-state index in [0.717, 1.165) is 6.42 Å². The summed E-state index contributed by atoms with van der Waals surface area (Å²) in [6.45, 7) is 1.90. The van der Waals surface area contributed by atoms with E-state index >= 15 is 0 Å². The highest BCUT2D eigenvalue weighted by Crippen LogP contribution is 2.25. The molecule has 0 saturated carbocycles. The van der Waals surface area contributed by atoms with Gasteiger partial charge >= 0.3 is 5.97 Å². The van der Waals surface area contributed by atoms with E-state index in [4.69, 9.17) is 5.11 Å². The zero-order valence-corrected chi connectivity index (χ0v) is 10.1. The lowest BCUT2D eigenvalue weighted by molar-refractivity contribution is -0.139. The van der Waals surface area contributed by atoms with E-state index in [0.29, 0.717) is 30.4 Å². The van der Waals surface area contributed by atoms with Crippen LogP contribution in [0.2, 0.25) is 0 Å². The predicted molar refractivity (Wildman–Crippen MR) is 66.8 cm³/mol. The molecule has 0 heterocycles. The fraction of sp³-hybridized carbons (Fsp3) is 0.308. The Kier molecular flexibility index (Phi) is 5.05. The summed E-state index contributed by atoms with van der Waals surface area (Å²) in [5, 5.41) is 11.5. The molecule has 1 amide bonds. The van der Waals surface area contributed by atoms with Gasteiger partial charge in [-0.25, -0.2) is 0 Å². The number of aliphatic carboxylic acids is 1. The lowest BCUT2D eigenvalue weighted by Gasteiger charge is -2.13. The van der Waals surface area contributed by atoms with Crippen LogP contribution >= 0.6 is 0 Å². The SMILES string of the molecule is CCCC(C(=O)O)c1ccc(NC=O)c(C=O)c1. The van der Waals surface area contributed by atoms with Gasteiger partial charge in [-0.3, -0.25) is 14.4 Å². The van der Waals surface area contributed by atoms with Crippen LogP contribution in [-0.4, -0.2) is 23.8 Å². The average molecular weight is 249 g/mol. The molecule has 1 aromatic rings. The molecule has 1 atom stereocenters. The number of carbonyl (C=O) groups excluding carboxylic acids is 2. The van der Waals surface area contributed by atoms with Gasteiger partial charge in [0.1, 0.15) is 0 Å². The molecule has 18 heavy (non-hydrogen) atoms. The van der Waals surface area contributed by atoms with Crippen molar-refractivity contribution in [3.63, 3.8) is 0 Å². The molecule has 0 saturated heterocycles. The third kappa shape index (κ3) is 3.16. The van der Waals surface area contributed by atoms with E-state index in [2.05, 4.69) is 5.32 Å². The van der Waals surface area contributed by atoms with Crippen LogP contribution in [0.4, 0.5) is 5.69 Å². The second-order valence-corrected chi connectivity index (χ2v) is 3.91. The van der Waals surface area contributed by atoms with E-state index in [1.807, 2.05) is 6.92 Å². The molecule has 2 N–H and O–H groups in total. The van der Waals surface area contributed by atoms with E-state index in [1.165, 1.54) is 6.07 Å². The summed E-state index contributed by atoms with van der Waals surface area (Å²) in [6, 6.07) is 4.67. The molecule has 0 aliphatic carbocycles. The summed E-state index contributed by atoms with van der Waals surface area (Å²) in [5.74, 6) is -1.54. The van der Waals surface area contributed by atoms with Gasteiger partial charge in [-0.05, 0) is 24.1 Å². The number of aldehydes is 1. The van der Waals surface area contributed by atoms with Gasteiger partial charge in [0.2, 0.25) is 6.41 Å². The van der Waals surface area contributed by atoms with Crippen LogP contribution < -0.4 is 5.32 Å². The molecule has 1 rings (SSSR count). The van der Waals surface area contributed by atoms with E-state index in [1.54, 1.807) is 12.1 Å². The number of hydrogen-bond acceptors (Lipinski definition) is 3. The van der Waals surface area contributed by atoms with Crippen LogP contribution in [0.25, 0.3) is 0 Å². The zero-order chi connectivity index (χ0) is 13.5. The molecular weight excluding hydrogens is 234 g/mol. The number of carbonyl (C=O) groups is 3. The molecule has 0 spiro atoms. The van der Waals surface area contributed by atoms with Gasteiger partial charge in [0, 0.05) is 5.56 Å². The number of nitrogens with one attached hydrogen (secondary N) is 1. The molecule has 0 bridgehead atoms. The van der Waals surface area contributed by atoms with Crippen LogP contribution in [0.5, 0.6) is 0 Å². The highest BCUT2D eigenvalue weighted by atomic mass is 16.4. The number of rotatable bonds is 7. The van der Waals surface area contributed by atoms with Crippen molar-refractivity contribution in [3.05, 3.63) is 29.3 Å². The third-order valence-corrected chi connectivity index (χ3v) is 2.69. The van der Waals surface area contributed by atoms with Crippen molar-refractivity contribution < 1.29 is 19.5 Å². The summed E-state index contributed by atoms with van der Waals surface area (Å²) >= 11 is 0. The number of carboxylic acids is 1. The van der Waals surface area contributed by atoms with Gasteiger partial charge in [0.05, 0.1) is 11.6 Å². The van der Waals surface area contributed by atoms with Gasteiger partial charge < -0.3 is 10.4 Å². The first-order chi connectivity index (χ1) is 8.63. The topological polar surface area (TPSA) is 83.5 Å². The van der Waals surface area contributed by atoms with E-state index < -0.39 is 11.9 Å². The van der Waals surface area contributed by atoms with Gasteiger partial charge in [0.25, 0.3) is 0 Å². The molecule has 1 unspecified atom stereocenters. The summed E-state index contributed by atoms with van der Waals surface area (Å²) in [4.78, 5) is 32.4. The first-order valence-electron chi connectivity index (χ1n) is 5.66. The molecule has 96 valence electrons. The summed E-state index contributed by atoms with van der Waals surface area (Å²) in [6.07, 6.45) is 2.32. The summed E-state index contributed by atoms with van der Waals surface area (Å²) in [7, 11) is 0. The first-order valence-corrected chi connectivity index (χ1v) is 5.66. The van der Waals surface area contributed by atoms with Crippen molar-refractivity contribution in [1.82, 2.24) is 0 Å². The quantitative estimate of drug-likeness (QED) is 0.724. The average Bonchev–Trinajstić information content (AvgIpc) is 2.36. The van der Waals surface area contributed by atoms with Crippen molar-refractivity contribution in [1.29, 1.82) is 0 Å². The smallest absolute Gasteiger partial charge is 0.310 e. The van der Waals surface area contributed by atoms with Crippen LogP contribution in [0, 0.1) is 0 Å². The highest BCUT2D eigenvalue weighted by Gasteiger charge is 2.19. The Balaban J connectivity index is 3.13. The maximum atomic E-state index is 11.1. The molecule has 0 fully saturated rings. The second-order valence-electron chi connectivity index (χ2n) is 3.91. The lowest BCUT2D eigenvalue weighted by atomic mass is 9.93. The molecule has 0 aliphatic rings. The zero-order valence-electron chi connectivity index (χ0n) is 10.1. The first kappa shape index (κ1) is 13.9. The molecule has 0 aliphatic heterocycles. The van der Waals surface area contributed by atoms with Crippen molar-refractivity contribution in [3.8, 4) is 0 Å². The Morgan fingerprint density at radius 3 is 2.67 bits per heavy atom. The maximum Gasteiger partial charge on any atom is 0.310 e. The van der Waals surface area contributed by atoms with E-state index in [-0.39, 0.29) is 5.56 Å².